The molecule has 0 aromatic rings. The van der Waals surface area contributed by atoms with Crippen molar-refractivity contribution in [2.45, 2.75) is 52.5 Å². The summed E-state index contributed by atoms with van der Waals surface area (Å²) in [7, 11) is 2.26. The van der Waals surface area contributed by atoms with Crippen LogP contribution in [0.3, 0.4) is 0 Å². The van der Waals surface area contributed by atoms with Crippen LogP contribution in [0.15, 0.2) is 35.5 Å². The van der Waals surface area contributed by atoms with Crippen LogP contribution in [0.5, 0.6) is 0 Å². The van der Waals surface area contributed by atoms with Gasteiger partial charge in [-0.3, -0.25) is 4.90 Å². The zero-order valence-corrected chi connectivity index (χ0v) is 12.1. The highest BCUT2D eigenvalue weighted by Gasteiger charge is 2.34. The van der Waals surface area contributed by atoms with Crippen molar-refractivity contribution in [3.8, 4) is 0 Å². The highest BCUT2D eigenvalue weighted by molar-refractivity contribution is 5.42. The first-order valence-corrected chi connectivity index (χ1v) is 6.80. The highest BCUT2D eigenvalue weighted by atomic mass is 15.2. The van der Waals surface area contributed by atoms with E-state index in [1.165, 1.54) is 30.5 Å². The van der Waals surface area contributed by atoms with Crippen molar-refractivity contribution in [2.24, 2.45) is 0 Å². The molecule has 1 heterocycles. The zero-order valence-electron chi connectivity index (χ0n) is 12.1. The van der Waals surface area contributed by atoms with E-state index in [2.05, 4.69) is 63.9 Å². The van der Waals surface area contributed by atoms with Gasteiger partial charge in [-0.05, 0) is 64.8 Å². The molecule has 0 saturated carbocycles. The van der Waals surface area contributed by atoms with Crippen LogP contribution in [0.4, 0.5) is 0 Å². The summed E-state index contributed by atoms with van der Waals surface area (Å²) in [5, 5.41) is 0. The molecule has 0 spiro atoms. The molecule has 0 bridgehead atoms. The maximum atomic E-state index is 2.51. The molecule has 1 rings (SSSR count). The molecule has 0 amide bonds. The van der Waals surface area contributed by atoms with E-state index < -0.39 is 0 Å². The quantitative estimate of drug-likeness (QED) is 0.686. The fourth-order valence-corrected chi connectivity index (χ4v) is 2.68. The summed E-state index contributed by atoms with van der Waals surface area (Å²) in [6.07, 6.45) is 12.5. The first-order chi connectivity index (χ1) is 8.10. The molecule has 0 radical (unpaired) electrons. The maximum Gasteiger partial charge on any atom is 0.0429 e. The highest BCUT2D eigenvalue weighted by Crippen LogP contribution is 2.37. The Labute approximate surface area is 107 Å². The average Bonchev–Trinajstić information content (AvgIpc) is 2.46. The van der Waals surface area contributed by atoms with E-state index in [9.17, 15) is 0 Å². The molecule has 0 aliphatic carbocycles. The third-order valence-corrected chi connectivity index (χ3v) is 4.20. The van der Waals surface area contributed by atoms with Crippen LogP contribution in [-0.2, 0) is 0 Å². The third kappa shape index (κ3) is 2.90. The summed E-state index contributed by atoms with van der Waals surface area (Å²) in [5.41, 5.74) is 3.20. The van der Waals surface area contributed by atoms with E-state index in [0.717, 1.165) is 6.42 Å². The lowest BCUT2D eigenvalue weighted by Crippen LogP contribution is -2.44. The van der Waals surface area contributed by atoms with Crippen LogP contribution in [0.25, 0.3) is 0 Å². The number of hydrogen-bond acceptors (Lipinski definition) is 1. The van der Waals surface area contributed by atoms with E-state index >= 15 is 0 Å². The Kier molecular flexibility index (Phi) is 5.20. The molecule has 1 saturated heterocycles. The summed E-state index contributed by atoms with van der Waals surface area (Å²) in [4.78, 5) is 2.51. The summed E-state index contributed by atoms with van der Waals surface area (Å²) < 4.78 is 0. The molecular formula is C16H27N. The van der Waals surface area contributed by atoms with Crippen molar-refractivity contribution in [1.29, 1.82) is 0 Å². The fraction of sp³-hybridized carbons (Fsp3) is 0.625. The van der Waals surface area contributed by atoms with Crippen LogP contribution >= 0.6 is 0 Å². The van der Waals surface area contributed by atoms with Crippen LogP contribution in [0.1, 0.15) is 47.0 Å². The predicted molar refractivity (Wildman–Crippen MR) is 77.2 cm³/mol. The molecule has 96 valence electrons. The lowest BCUT2D eigenvalue weighted by molar-refractivity contribution is 0.177. The Hall–Kier alpha value is -0.820. The lowest BCUT2D eigenvalue weighted by Gasteiger charge is -2.39. The van der Waals surface area contributed by atoms with Gasteiger partial charge in [-0.1, -0.05) is 31.2 Å². The standard InChI is InChI=1S/C16H27N/c1-6-9-12-15-14(7-2)11-10-13-17(5)16(15,4)8-3/h6-7,9,12H,8,10-11,13H2,1-5H3/b9-6-,14-7-,15-12+. The predicted octanol–water partition coefficient (Wildman–Crippen LogP) is 4.33. The smallest absolute Gasteiger partial charge is 0.0429 e. The first-order valence-electron chi connectivity index (χ1n) is 6.80. The zero-order chi connectivity index (χ0) is 12.9. The van der Waals surface area contributed by atoms with Crippen molar-refractivity contribution in [3.05, 3.63) is 35.5 Å². The third-order valence-electron chi connectivity index (χ3n) is 4.20. The van der Waals surface area contributed by atoms with Crippen LogP contribution in [0, 0.1) is 0 Å². The van der Waals surface area contributed by atoms with Gasteiger partial charge in [0, 0.05) is 5.54 Å². The Morgan fingerprint density at radius 1 is 1.35 bits per heavy atom. The molecule has 1 heteroatoms. The Morgan fingerprint density at radius 3 is 2.59 bits per heavy atom. The van der Waals surface area contributed by atoms with E-state index in [4.69, 9.17) is 0 Å². The second-order valence-electron chi connectivity index (χ2n) is 5.07. The Balaban J connectivity index is 3.26. The summed E-state index contributed by atoms with van der Waals surface area (Å²) in [5.74, 6) is 0. The van der Waals surface area contributed by atoms with Crippen LogP contribution < -0.4 is 0 Å². The first kappa shape index (κ1) is 14.2. The molecule has 0 N–H and O–H groups in total. The maximum absolute atomic E-state index is 2.51. The van der Waals surface area contributed by atoms with E-state index in [1.807, 2.05) is 0 Å². The normalized spacial score (nSPS) is 32.5. The van der Waals surface area contributed by atoms with Crippen LogP contribution in [0.2, 0.25) is 0 Å². The molecular weight excluding hydrogens is 206 g/mol. The summed E-state index contributed by atoms with van der Waals surface area (Å²) in [6, 6.07) is 0. The largest absolute Gasteiger partial charge is 0.297 e. The van der Waals surface area contributed by atoms with Crippen molar-refractivity contribution >= 4 is 0 Å². The number of nitrogens with zero attached hydrogens (tertiary/aromatic N) is 1. The molecule has 1 aliphatic heterocycles. The molecule has 17 heavy (non-hydrogen) atoms. The molecule has 1 unspecified atom stereocenters. The van der Waals surface area contributed by atoms with Crippen molar-refractivity contribution in [2.75, 3.05) is 13.6 Å². The minimum atomic E-state index is 0.178. The second kappa shape index (κ2) is 6.20. The van der Waals surface area contributed by atoms with Gasteiger partial charge in [0.25, 0.3) is 0 Å². The Bertz CT molecular complexity index is 335. The number of allylic oxidation sites excluding steroid dienone is 4. The minimum absolute atomic E-state index is 0.178. The number of likely N-dealkylation sites (tertiary alicyclic amines) is 1. The topological polar surface area (TPSA) is 3.24 Å². The lowest BCUT2D eigenvalue weighted by atomic mass is 9.82. The summed E-state index contributed by atoms with van der Waals surface area (Å²) in [6.45, 7) is 10.1. The van der Waals surface area contributed by atoms with Gasteiger partial charge in [0.2, 0.25) is 0 Å². The van der Waals surface area contributed by atoms with E-state index in [0.29, 0.717) is 0 Å². The van der Waals surface area contributed by atoms with Gasteiger partial charge in [-0.15, -0.1) is 0 Å². The van der Waals surface area contributed by atoms with Gasteiger partial charge >= 0.3 is 0 Å². The van der Waals surface area contributed by atoms with Crippen molar-refractivity contribution in [3.63, 3.8) is 0 Å². The number of rotatable bonds is 2. The van der Waals surface area contributed by atoms with Crippen LogP contribution in [-0.4, -0.2) is 24.0 Å². The Morgan fingerprint density at radius 2 is 2.06 bits per heavy atom. The molecule has 1 atom stereocenters. The fourth-order valence-electron chi connectivity index (χ4n) is 2.68. The van der Waals surface area contributed by atoms with Gasteiger partial charge < -0.3 is 0 Å². The average molecular weight is 233 g/mol. The molecule has 1 aliphatic rings. The van der Waals surface area contributed by atoms with Crippen molar-refractivity contribution < 1.29 is 0 Å². The van der Waals surface area contributed by atoms with Crippen molar-refractivity contribution in [1.82, 2.24) is 4.90 Å². The van der Waals surface area contributed by atoms with Gasteiger partial charge in [0.1, 0.15) is 0 Å². The number of likely N-dealkylation sites (N-methyl/N-ethyl adjacent to an activating group) is 1. The molecule has 1 nitrogen and oxygen atoms in total. The van der Waals surface area contributed by atoms with E-state index in [-0.39, 0.29) is 5.54 Å². The van der Waals surface area contributed by atoms with Gasteiger partial charge in [0.05, 0.1) is 0 Å². The van der Waals surface area contributed by atoms with E-state index in [1.54, 1.807) is 0 Å². The van der Waals surface area contributed by atoms with Gasteiger partial charge in [-0.25, -0.2) is 0 Å². The SMILES string of the molecule is C\C=C/C=C1\C(=C/C)CCCN(C)C1(C)CC. The minimum Gasteiger partial charge on any atom is -0.297 e. The summed E-state index contributed by atoms with van der Waals surface area (Å²) >= 11 is 0. The van der Waals surface area contributed by atoms with Gasteiger partial charge in [-0.2, -0.15) is 0 Å². The number of hydrogen-bond donors (Lipinski definition) is 0. The molecule has 0 aromatic carbocycles. The molecule has 1 fully saturated rings. The second-order valence-corrected chi connectivity index (χ2v) is 5.07. The monoisotopic (exact) mass is 233 g/mol. The molecule has 0 aromatic heterocycles. The van der Waals surface area contributed by atoms with Gasteiger partial charge in [0.15, 0.2) is 0 Å².